The fraction of sp³-hybridized carbons (Fsp3) is 0.400. The molecule has 1 aromatic carbocycles. The number of hydrogen-bond acceptors (Lipinski definition) is 5. The number of benzene rings is 1. The van der Waals surface area contributed by atoms with Crippen LogP contribution in [0.4, 0.5) is 10.1 Å². The van der Waals surface area contributed by atoms with E-state index in [2.05, 4.69) is 20.7 Å². The summed E-state index contributed by atoms with van der Waals surface area (Å²) in [6.45, 7) is 1.20. The smallest absolute Gasteiger partial charge is 0.242 e. The van der Waals surface area contributed by atoms with Crippen LogP contribution in [0.2, 0.25) is 0 Å². The zero-order valence-electron chi connectivity index (χ0n) is 10.6. The van der Waals surface area contributed by atoms with Gasteiger partial charge < -0.3 is 5.73 Å². The van der Waals surface area contributed by atoms with Gasteiger partial charge in [0.1, 0.15) is 10.7 Å². The lowest BCUT2D eigenvalue weighted by Crippen LogP contribution is -2.30. The van der Waals surface area contributed by atoms with Crippen LogP contribution in [0.15, 0.2) is 21.5 Å². The monoisotopic (exact) mass is 388 g/mol. The van der Waals surface area contributed by atoms with Crippen molar-refractivity contribution in [2.75, 3.05) is 23.8 Å². The maximum absolute atomic E-state index is 13.2. The first kappa shape index (κ1) is 17.3. The molecule has 0 spiro atoms. The van der Waals surface area contributed by atoms with E-state index in [4.69, 9.17) is 5.73 Å². The number of nitrogen functional groups attached to an aromatic ring is 1. The first-order valence-corrected chi connectivity index (χ1v) is 9.63. The van der Waals surface area contributed by atoms with Gasteiger partial charge in [-0.05, 0) is 28.1 Å². The van der Waals surface area contributed by atoms with Crippen molar-refractivity contribution in [1.82, 2.24) is 4.72 Å². The van der Waals surface area contributed by atoms with Gasteiger partial charge in [0.25, 0.3) is 0 Å². The highest BCUT2D eigenvalue weighted by atomic mass is 79.9. The van der Waals surface area contributed by atoms with Crippen LogP contribution in [0.25, 0.3) is 0 Å². The molecule has 0 unspecified atom stereocenters. The number of nitrogens with two attached hydrogens (primary N) is 1. The zero-order valence-corrected chi connectivity index (χ0v) is 13.8. The highest BCUT2D eigenvalue weighted by molar-refractivity contribution is 9.10. The molecule has 0 heterocycles. The molecule has 1 aromatic rings. The lowest BCUT2D eigenvalue weighted by molar-refractivity contribution is 0.580. The Morgan fingerprint density at radius 1 is 1.30 bits per heavy atom. The van der Waals surface area contributed by atoms with E-state index < -0.39 is 25.7 Å². The van der Waals surface area contributed by atoms with Gasteiger partial charge in [0, 0.05) is 12.3 Å². The number of sulfone groups is 1. The molecule has 0 aromatic heterocycles. The predicted molar refractivity (Wildman–Crippen MR) is 78.0 cm³/mol. The molecule has 0 aliphatic rings. The first-order chi connectivity index (χ1) is 9.09. The summed E-state index contributed by atoms with van der Waals surface area (Å²) in [5.74, 6) is -1.07. The van der Waals surface area contributed by atoms with Crippen molar-refractivity contribution in [2.45, 2.75) is 11.8 Å². The molecule has 0 saturated heterocycles. The number of nitrogens with one attached hydrogen (secondary N) is 1. The Morgan fingerprint density at radius 3 is 2.45 bits per heavy atom. The van der Waals surface area contributed by atoms with Crippen LogP contribution in [0.1, 0.15) is 6.92 Å². The van der Waals surface area contributed by atoms with E-state index in [-0.39, 0.29) is 33.1 Å². The van der Waals surface area contributed by atoms with Crippen molar-refractivity contribution in [3.05, 3.63) is 22.4 Å². The summed E-state index contributed by atoms with van der Waals surface area (Å²) in [4.78, 5) is -0.306. The van der Waals surface area contributed by atoms with Crippen LogP contribution in [0.5, 0.6) is 0 Å². The highest BCUT2D eigenvalue weighted by Gasteiger charge is 2.20. The molecule has 0 atom stereocenters. The summed E-state index contributed by atoms with van der Waals surface area (Å²) in [7, 11) is -7.27. The molecule has 0 aliphatic heterocycles. The summed E-state index contributed by atoms with van der Waals surface area (Å²) < 4.78 is 61.7. The van der Waals surface area contributed by atoms with Crippen LogP contribution in [-0.4, -0.2) is 34.9 Å². The molecule has 0 saturated carbocycles. The summed E-state index contributed by atoms with van der Waals surface area (Å²) in [5, 5.41) is 0. The molecule has 10 heteroatoms. The highest BCUT2D eigenvalue weighted by Crippen LogP contribution is 2.25. The van der Waals surface area contributed by atoms with E-state index in [1.807, 2.05) is 0 Å². The van der Waals surface area contributed by atoms with Gasteiger partial charge in [0.15, 0.2) is 9.84 Å². The van der Waals surface area contributed by atoms with Crippen molar-refractivity contribution in [1.29, 1.82) is 0 Å². The van der Waals surface area contributed by atoms with Crippen LogP contribution in [-0.2, 0) is 19.9 Å². The Labute approximate surface area is 125 Å². The van der Waals surface area contributed by atoms with E-state index in [0.717, 1.165) is 12.1 Å². The van der Waals surface area contributed by atoms with Gasteiger partial charge >= 0.3 is 0 Å². The minimum atomic E-state index is -4.00. The van der Waals surface area contributed by atoms with E-state index in [0.29, 0.717) is 0 Å². The van der Waals surface area contributed by atoms with Gasteiger partial charge in [-0.15, -0.1) is 0 Å². The molecule has 3 N–H and O–H groups in total. The average Bonchev–Trinajstić information content (AvgIpc) is 2.33. The minimum absolute atomic E-state index is 0.0479. The van der Waals surface area contributed by atoms with Crippen molar-refractivity contribution < 1.29 is 21.2 Å². The van der Waals surface area contributed by atoms with Gasteiger partial charge in [-0.3, -0.25) is 0 Å². The molecule has 0 amide bonds. The van der Waals surface area contributed by atoms with Gasteiger partial charge in [-0.2, -0.15) is 0 Å². The summed E-state index contributed by atoms with van der Waals surface area (Å²) in [6, 6.07) is 1.91. The topological polar surface area (TPSA) is 106 Å². The van der Waals surface area contributed by atoms with E-state index in [9.17, 15) is 21.2 Å². The van der Waals surface area contributed by atoms with E-state index in [1.54, 1.807) is 0 Å². The summed E-state index contributed by atoms with van der Waals surface area (Å²) >= 11 is 2.87. The Balaban J connectivity index is 2.93. The molecular formula is C10H14BrFN2O4S2. The average molecular weight is 389 g/mol. The number of halogens is 2. The number of hydrogen-bond donors (Lipinski definition) is 2. The first-order valence-electron chi connectivity index (χ1n) is 5.53. The molecule has 114 valence electrons. The second-order valence-corrected chi connectivity index (χ2v) is 9.00. The Hall–Kier alpha value is -0.710. The van der Waals surface area contributed by atoms with Gasteiger partial charge in [0.05, 0.1) is 15.9 Å². The number of sulfonamides is 1. The number of anilines is 1. The SMILES string of the molecule is CCS(=O)(=O)CCNS(=O)(=O)c1cc(Br)c(F)cc1N. The van der Waals surface area contributed by atoms with Crippen LogP contribution in [0, 0.1) is 5.82 Å². The van der Waals surface area contributed by atoms with Gasteiger partial charge in [0.2, 0.25) is 10.0 Å². The fourth-order valence-corrected chi connectivity index (χ4v) is 3.82. The maximum atomic E-state index is 13.2. The molecular weight excluding hydrogens is 375 g/mol. The molecule has 0 fully saturated rings. The largest absolute Gasteiger partial charge is 0.398 e. The van der Waals surface area contributed by atoms with Crippen molar-refractivity contribution in [2.24, 2.45) is 0 Å². The third-order valence-corrected chi connectivity index (χ3v) is 6.32. The third-order valence-electron chi connectivity index (χ3n) is 2.49. The second kappa shape index (κ2) is 6.37. The predicted octanol–water partition coefficient (Wildman–Crippen LogP) is 0.883. The normalized spacial score (nSPS) is 12.6. The lowest BCUT2D eigenvalue weighted by Gasteiger charge is -2.10. The van der Waals surface area contributed by atoms with Gasteiger partial charge in [-0.1, -0.05) is 6.92 Å². The van der Waals surface area contributed by atoms with Crippen molar-refractivity contribution in [3.63, 3.8) is 0 Å². The molecule has 1 rings (SSSR count). The van der Waals surface area contributed by atoms with Crippen LogP contribution < -0.4 is 10.5 Å². The van der Waals surface area contributed by atoms with Crippen LogP contribution in [0.3, 0.4) is 0 Å². The minimum Gasteiger partial charge on any atom is -0.398 e. The second-order valence-electron chi connectivity index (χ2n) is 3.94. The van der Waals surface area contributed by atoms with Crippen LogP contribution >= 0.6 is 15.9 Å². The Bertz CT molecular complexity index is 704. The molecule has 0 radical (unpaired) electrons. The summed E-state index contributed by atoms with van der Waals surface area (Å²) in [5.41, 5.74) is 5.21. The maximum Gasteiger partial charge on any atom is 0.242 e. The molecule has 0 aliphatic carbocycles. The Kier molecular flexibility index (Phi) is 5.53. The summed E-state index contributed by atoms with van der Waals surface area (Å²) in [6.07, 6.45) is 0. The standard InChI is InChI=1S/C10H14BrFN2O4S2/c1-2-19(15,16)4-3-14-20(17,18)10-5-7(11)8(12)6-9(10)13/h5-6,14H,2-4,13H2,1H3. The van der Waals surface area contributed by atoms with Crippen molar-refractivity contribution in [3.8, 4) is 0 Å². The Morgan fingerprint density at radius 2 is 1.90 bits per heavy atom. The van der Waals surface area contributed by atoms with Crippen molar-refractivity contribution >= 4 is 41.5 Å². The van der Waals surface area contributed by atoms with Gasteiger partial charge in [-0.25, -0.2) is 25.9 Å². The third kappa shape index (κ3) is 4.40. The quantitative estimate of drug-likeness (QED) is 0.703. The van der Waals surface area contributed by atoms with E-state index >= 15 is 0 Å². The zero-order chi connectivity index (χ0) is 15.6. The fourth-order valence-electron chi connectivity index (χ4n) is 1.33. The molecule has 0 bridgehead atoms. The number of rotatable bonds is 6. The molecule has 6 nitrogen and oxygen atoms in total. The molecule has 20 heavy (non-hydrogen) atoms. The lowest BCUT2D eigenvalue weighted by atomic mass is 10.3. The van der Waals surface area contributed by atoms with E-state index in [1.165, 1.54) is 6.92 Å².